The number of ether oxygens (including phenoxy) is 1. The Kier molecular flexibility index (Phi) is 6.51. The zero-order valence-electron chi connectivity index (χ0n) is 22.2. The summed E-state index contributed by atoms with van der Waals surface area (Å²) >= 11 is 1.55. The van der Waals surface area contributed by atoms with Gasteiger partial charge in [0.2, 0.25) is 0 Å². The van der Waals surface area contributed by atoms with Gasteiger partial charge in [0.05, 0.1) is 29.1 Å². The van der Waals surface area contributed by atoms with Gasteiger partial charge in [-0.3, -0.25) is 4.79 Å². The molecule has 0 bridgehead atoms. The van der Waals surface area contributed by atoms with Crippen LogP contribution < -0.4 is 4.90 Å². The number of halogens is 1. The van der Waals surface area contributed by atoms with Crippen LogP contribution in [0.5, 0.6) is 0 Å². The lowest BCUT2D eigenvalue weighted by atomic mass is 9.96. The second kappa shape index (κ2) is 9.91. The molecule has 0 aliphatic carbocycles. The van der Waals surface area contributed by atoms with Crippen molar-refractivity contribution in [3.8, 4) is 22.4 Å². The maximum absolute atomic E-state index is 14.7. The number of benzene rings is 3. The first kappa shape index (κ1) is 26.3. The van der Waals surface area contributed by atoms with E-state index in [1.807, 2.05) is 49.6 Å². The maximum atomic E-state index is 14.7. The molecule has 0 saturated carbocycles. The fourth-order valence-electron chi connectivity index (χ4n) is 5.33. The topological polar surface area (TPSA) is 68.6 Å². The van der Waals surface area contributed by atoms with E-state index in [1.54, 1.807) is 35.6 Å². The third-order valence-electron chi connectivity index (χ3n) is 7.47. The van der Waals surface area contributed by atoms with Gasteiger partial charge in [0, 0.05) is 40.2 Å². The van der Waals surface area contributed by atoms with Crippen molar-refractivity contribution >= 4 is 43.9 Å². The molecule has 3 aromatic carbocycles. The summed E-state index contributed by atoms with van der Waals surface area (Å²) in [7, 11) is -2.70. The monoisotopic (exact) mass is 574 g/mol. The third kappa shape index (κ3) is 4.30. The number of aromatic nitrogens is 1. The Balaban J connectivity index is 1.63. The first-order valence-electron chi connectivity index (χ1n) is 12.8. The van der Waals surface area contributed by atoms with E-state index in [2.05, 4.69) is 4.90 Å². The molecule has 0 atom stereocenters. The molecule has 0 N–H and O–H groups in total. The molecule has 6 nitrogen and oxygen atoms in total. The molecule has 40 heavy (non-hydrogen) atoms. The molecule has 5 aromatic rings. The first-order chi connectivity index (χ1) is 19.2. The Bertz CT molecular complexity index is 1870. The lowest BCUT2D eigenvalue weighted by molar-refractivity contribution is -0.146. The summed E-state index contributed by atoms with van der Waals surface area (Å²) < 4.78 is 49.7. The highest BCUT2D eigenvalue weighted by atomic mass is 32.2. The number of nitrogens with zero attached hydrogens (tertiary/aromatic N) is 2. The van der Waals surface area contributed by atoms with Gasteiger partial charge in [0.15, 0.2) is 0 Å². The molecule has 1 aliphatic rings. The SMILES string of the molecule is COC(=O)C1CN(c2cccc(-c3c(-c4ccsc4C)c4cc(F)ccc4n3S(=O)(=O)c3ccc(C)cc3)c2)C1. The van der Waals surface area contributed by atoms with Crippen LogP contribution in [0.4, 0.5) is 10.1 Å². The van der Waals surface area contributed by atoms with Crippen LogP contribution in [-0.4, -0.2) is 38.6 Å². The smallest absolute Gasteiger partial charge is 0.312 e. The van der Waals surface area contributed by atoms with E-state index in [9.17, 15) is 17.6 Å². The minimum Gasteiger partial charge on any atom is -0.469 e. The zero-order chi connectivity index (χ0) is 28.2. The first-order valence-corrected chi connectivity index (χ1v) is 15.1. The van der Waals surface area contributed by atoms with Crippen molar-refractivity contribution in [1.82, 2.24) is 3.97 Å². The largest absolute Gasteiger partial charge is 0.469 e. The Labute approximate surface area is 236 Å². The summed E-state index contributed by atoms with van der Waals surface area (Å²) in [4.78, 5) is 15.2. The van der Waals surface area contributed by atoms with Crippen LogP contribution in [-0.2, 0) is 19.6 Å². The number of hydrogen-bond donors (Lipinski definition) is 0. The van der Waals surface area contributed by atoms with Crippen LogP contribution in [0, 0.1) is 25.6 Å². The van der Waals surface area contributed by atoms with Crippen LogP contribution in [0.1, 0.15) is 10.4 Å². The van der Waals surface area contributed by atoms with Gasteiger partial charge in [0.25, 0.3) is 10.0 Å². The Morgan fingerprint density at radius 2 is 1.75 bits per heavy atom. The molecule has 3 heterocycles. The second-order valence-electron chi connectivity index (χ2n) is 10.0. The molecule has 1 saturated heterocycles. The van der Waals surface area contributed by atoms with Crippen LogP contribution in [0.3, 0.4) is 0 Å². The van der Waals surface area contributed by atoms with Gasteiger partial charge < -0.3 is 9.64 Å². The molecule has 1 fully saturated rings. The third-order valence-corrected chi connectivity index (χ3v) is 10.0. The standard InChI is InChI=1S/C31H27FN2O4S2/c1-19-7-10-25(11-8-19)40(36,37)34-28-12-9-23(32)16-27(28)29(26-13-14-39-20(26)2)30(34)21-5-4-6-24(15-21)33-17-22(18-33)31(35)38-3/h4-16,22H,17-18H2,1-3H3. The van der Waals surface area contributed by atoms with Crippen LogP contribution in [0.2, 0.25) is 0 Å². The van der Waals surface area contributed by atoms with Crippen LogP contribution >= 0.6 is 11.3 Å². The van der Waals surface area contributed by atoms with Gasteiger partial charge in [-0.1, -0.05) is 29.8 Å². The summed E-state index contributed by atoms with van der Waals surface area (Å²) in [6.07, 6.45) is 0. The lowest BCUT2D eigenvalue weighted by Crippen LogP contribution is -2.50. The molecule has 6 rings (SSSR count). The van der Waals surface area contributed by atoms with Crippen molar-refractivity contribution in [3.63, 3.8) is 0 Å². The second-order valence-corrected chi connectivity index (χ2v) is 12.9. The van der Waals surface area contributed by atoms with E-state index in [4.69, 9.17) is 4.74 Å². The lowest BCUT2D eigenvalue weighted by Gasteiger charge is -2.39. The van der Waals surface area contributed by atoms with Crippen molar-refractivity contribution in [1.29, 1.82) is 0 Å². The number of fused-ring (bicyclic) bond motifs is 1. The summed E-state index contributed by atoms with van der Waals surface area (Å²) in [6, 6.07) is 20.5. The number of esters is 1. The van der Waals surface area contributed by atoms with E-state index in [0.29, 0.717) is 40.8 Å². The maximum Gasteiger partial charge on any atom is 0.312 e. The van der Waals surface area contributed by atoms with Crippen molar-refractivity contribution < 1.29 is 22.3 Å². The fraction of sp³-hybridized carbons (Fsp3) is 0.194. The normalized spacial score (nSPS) is 13.9. The number of carbonyl (C=O) groups is 1. The van der Waals surface area contributed by atoms with Crippen LogP contribution in [0.25, 0.3) is 33.3 Å². The van der Waals surface area contributed by atoms with Crippen LogP contribution in [0.15, 0.2) is 83.1 Å². The van der Waals surface area contributed by atoms with Gasteiger partial charge in [-0.15, -0.1) is 11.3 Å². The number of anilines is 1. The molecule has 0 unspecified atom stereocenters. The van der Waals surface area contributed by atoms with Gasteiger partial charge in [0.1, 0.15) is 5.82 Å². The van der Waals surface area contributed by atoms with Crippen molar-refractivity contribution in [2.45, 2.75) is 18.7 Å². The predicted molar refractivity (Wildman–Crippen MR) is 157 cm³/mol. The summed E-state index contributed by atoms with van der Waals surface area (Å²) in [5.41, 5.74) is 4.87. The average Bonchev–Trinajstić information content (AvgIpc) is 3.48. The summed E-state index contributed by atoms with van der Waals surface area (Å²) in [5.74, 6) is -0.885. The number of hydrogen-bond acceptors (Lipinski definition) is 6. The molecular weight excluding hydrogens is 547 g/mol. The highest BCUT2D eigenvalue weighted by molar-refractivity contribution is 7.90. The molecule has 9 heteroatoms. The van der Waals surface area contributed by atoms with Crippen molar-refractivity contribution in [2.24, 2.45) is 5.92 Å². The van der Waals surface area contributed by atoms with Crippen molar-refractivity contribution in [3.05, 3.63) is 94.4 Å². The van der Waals surface area contributed by atoms with Gasteiger partial charge in [-0.25, -0.2) is 16.8 Å². The molecule has 204 valence electrons. The van der Waals surface area contributed by atoms with Crippen molar-refractivity contribution in [2.75, 3.05) is 25.1 Å². The molecule has 1 aliphatic heterocycles. The fourth-order valence-corrected chi connectivity index (χ4v) is 7.59. The molecule has 0 amide bonds. The van der Waals surface area contributed by atoms with Gasteiger partial charge >= 0.3 is 5.97 Å². The quantitative estimate of drug-likeness (QED) is 0.213. The van der Waals surface area contributed by atoms with E-state index in [0.717, 1.165) is 21.7 Å². The molecule has 2 aromatic heterocycles. The van der Waals surface area contributed by atoms with E-state index in [-0.39, 0.29) is 16.8 Å². The van der Waals surface area contributed by atoms with Gasteiger partial charge in [-0.05, 0) is 73.3 Å². The Morgan fingerprint density at radius 1 is 1.00 bits per heavy atom. The van der Waals surface area contributed by atoms with E-state index >= 15 is 0 Å². The summed E-state index contributed by atoms with van der Waals surface area (Å²) in [6.45, 7) is 4.91. The highest BCUT2D eigenvalue weighted by Gasteiger charge is 2.34. The minimum atomic E-state index is -4.08. The summed E-state index contributed by atoms with van der Waals surface area (Å²) in [5, 5.41) is 2.47. The molecule has 0 spiro atoms. The van der Waals surface area contributed by atoms with E-state index in [1.165, 1.54) is 29.3 Å². The molecular formula is C31H27FN2O4S2. The van der Waals surface area contributed by atoms with E-state index < -0.39 is 15.8 Å². The molecule has 0 radical (unpaired) electrons. The average molecular weight is 575 g/mol. The number of methoxy groups -OCH3 is 1. The van der Waals surface area contributed by atoms with Gasteiger partial charge in [-0.2, -0.15) is 0 Å². The number of carbonyl (C=O) groups excluding carboxylic acids is 1. The number of thiophene rings is 1. The highest BCUT2D eigenvalue weighted by Crippen LogP contribution is 2.46. The number of aryl methyl sites for hydroxylation is 2. The Morgan fingerprint density at radius 3 is 2.42 bits per heavy atom. The minimum absolute atomic E-state index is 0.147. The Hall–Kier alpha value is -3.95. The zero-order valence-corrected chi connectivity index (χ0v) is 23.9. The predicted octanol–water partition coefficient (Wildman–Crippen LogP) is 6.64. The number of rotatable bonds is 6.